The fraction of sp³-hybridized carbons (Fsp3) is 0.667. The van der Waals surface area contributed by atoms with Crippen molar-refractivity contribution < 1.29 is 9.59 Å². The van der Waals surface area contributed by atoms with Crippen LogP contribution in [-0.2, 0) is 21.5 Å². The summed E-state index contributed by atoms with van der Waals surface area (Å²) >= 11 is 1.54. The minimum absolute atomic E-state index is 0.0110. The number of carbonyl (C=O) groups is 2. The number of rotatable bonds is 2. The summed E-state index contributed by atoms with van der Waals surface area (Å²) in [5.41, 5.74) is 0.153. The van der Waals surface area contributed by atoms with Crippen molar-refractivity contribution >= 4 is 23.2 Å². The molecule has 1 fully saturated rings. The molecule has 0 saturated carbocycles. The molecule has 1 aliphatic rings. The highest BCUT2D eigenvalue weighted by atomic mass is 32.1. The van der Waals surface area contributed by atoms with Crippen molar-refractivity contribution in [2.75, 3.05) is 0 Å². The molecule has 1 aliphatic heterocycles. The van der Waals surface area contributed by atoms with Gasteiger partial charge in [-0.15, -0.1) is 11.3 Å². The van der Waals surface area contributed by atoms with Gasteiger partial charge in [0.15, 0.2) is 0 Å². The number of amides is 2. The molecule has 0 spiro atoms. The van der Waals surface area contributed by atoms with Crippen molar-refractivity contribution in [2.24, 2.45) is 0 Å². The van der Waals surface area contributed by atoms with Crippen LogP contribution in [0.5, 0.6) is 0 Å². The first kappa shape index (κ1) is 15.9. The van der Waals surface area contributed by atoms with Crippen LogP contribution in [-0.4, -0.2) is 33.3 Å². The van der Waals surface area contributed by atoms with Gasteiger partial charge in [0.05, 0.1) is 12.2 Å². The Morgan fingerprint density at radius 1 is 1.38 bits per heavy atom. The predicted octanol–water partition coefficient (Wildman–Crippen LogP) is 2.07. The zero-order valence-corrected chi connectivity index (χ0v) is 14.3. The van der Waals surface area contributed by atoms with Crippen LogP contribution in [0.3, 0.4) is 0 Å². The molecule has 1 aromatic heterocycles. The van der Waals surface area contributed by atoms with E-state index in [1.54, 1.807) is 25.7 Å². The van der Waals surface area contributed by atoms with Crippen molar-refractivity contribution in [3.8, 4) is 0 Å². The largest absolute Gasteiger partial charge is 0.340 e. The van der Waals surface area contributed by atoms with E-state index in [1.165, 1.54) is 11.3 Å². The molecule has 116 valence electrons. The van der Waals surface area contributed by atoms with Crippen LogP contribution < -0.4 is 5.32 Å². The normalized spacial score (nSPS) is 22.4. The molecule has 5 nitrogen and oxygen atoms in total. The molecule has 21 heavy (non-hydrogen) atoms. The predicted molar refractivity (Wildman–Crippen MR) is 83.0 cm³/mol. The second-order valence-corrected chi connectivity index (χ2v) is 8.04. The van der Waals surface area contributed by atoms with Gasteiger partial charge in [-0.3, -0.25) is 9.59 Å². The summed E-state index contributed by atoms with van der Waals surface area (Å²) in [4.78, 5) is 30.7. The molecule has 1 saturated heterocycles. The molecule has 1 unspecified atom stereocenters. The lowest BCUT2D eigenvalue weighted by Gasteiger charge is -2.41. The summed E-state index contributed by atoms with van der Waals surface area (Å²) in [5, 5.41) is 5.65. The zero-order valence-electron chi connectivity index (χ0n) is 13.5. The van der Waals surface area contributed by atoms with E-state index < -0.39 is 11.6 Å². The van der Waals surface area contributed by atoms with E-state index in [-0.39, 0.29) is 17.2 Å². The molecule has 2 amide bonds. The molecule has 0 bridgehead atoms. The highest BCUT2D eigenvalue weighted by Crippen LogP contribution is 2.26. The number of hydrogen-bond donors (Lipinski definition) is 1. The second-order valence-electron chi connectivity index (χ2n) is 7.10. The maximum atomic E-state index is 12.5. The molecular formula is C15H23N3O2S. The maximum absolute atomic E-state index is 12.5. The van der Waals surface area contributed by atoms with E-state index in [0.717, 1.165) is 10.7 Å². The Morgan fingerprint density at radius 3 is 2.52 bits per heavy atom. The van der Waals surface area contributed by atoms with Gasteiger partial charge >= 0.3 is 0 Å². The maximum Gasteiger partial charge on any atom is 0.248 e. The van der Waals surface area contributed by atoms with Gasteiger partial charge in [0, 0.05) is 10.8 Å². The highest BCUT2D eigenvalue weighted by molar-refractivity contribution is 7.09. The molecule has 1 aromatic rings. The first-order valence-corrected chi connectivity index (χ1v) is 7.98. The lowest BCUT2D eigenvalue weighted by molar-refractivity contribution is -0.153. The quantitative estimate of drug-likeness (QED) is 0.909. The topological polar surface area (TPSA) is 62.3 Å². The number of nitrogens with one attached hydrogen (secondary N) is 1. The standard InChI is InChI=1S/C15H23N3O2S/c1-9-12(19)17-15(5,6)13(20)18(9)7-11-16-10(8-21-11)14(2,3)4/h8-9H,7H2,1-6H3,(H,17,19). The van der Waals surface area contributed by atoms with Gasteiger partial charge in [0.25, 0.3) is 0 Å². The van der Waals surface area contributed by atoms with Gasteiger partial charge in [-0.05, 0) is 20.8 Å². The minimum atomic E-state index is -0.853. The summed E-state index contributed by atoms with van der Waals surface area (Å²) in [6, 6.07) is -0.465. The van der Waals surface area contributed by atoms with Crippen molar-refractivity contribution in [2.45, 2.75) is 65.1 Å². The Bertz CT molecular complexity index is 572. The van der Waals surface area contributed by atoms with E-state index in [1.807, 2.05) is 5.38 Å². The highest BCUT2D eigenvalue weighted by Gasteiger charge is 2.43. The third-order valence-corrected chi connectivity index (χ3v) is 4.54. The van der Waals surface area contributed by atoms with Crippen LogP contribution in [0.2, 0.25) is 0 Å². The summed E-state index contributed by atoms with van der Waals surface area (Å²) in [6.45, 7) is 11.9. The number of aromatic nitrogens is 1. The summed E-state index contributed by atoms with van der Waals surface area (Å²) in [5.74, 6) is -0.186. The van der Waals surface area contributed by atoms with Gasteiger partial charge in [-0.2, -0.15) is 0 Å². The summed E-state index contributed by atoms with van der Waals surface area (Å²) < 4.78 is 0. The van der Waals surface area contributed by atoms with Crippen LogP contribution in [0.15, 0.2) is 5.38 Å². The van der Waals surface area contributed by atoms with Gasteiger partial charge in [0.2, 0.25) is 11.8 Å². The molecule has 1 N–H and O–H groups in total. The summed E-state index contributed by atoms with van der Waals surface area (Å²) in [7, 11) is 0. The molecule has 1 atom stereocenters. The van der Waals surface area contributed by atoms with Gasteiger partial charge in [0.1, 0.15) is 16.6 Å². The molecule has 6 heteroatoms. The molecule has 0 aliphatic carbocycles. The third-order valence-electron chi connectivity index (χ3n) is 3.70. The van der Waals surface area contributed by atoms with Crippen LogP contribution in [0, 0.1) is 0 Å². The van der Waals surface area contributed by atoms with Crippen LogP contribution in [0.1, 0.15) is 52.2 Å². The number of carbonyl (C=O) groups excluding carboxylic acids is 2. The molecule has 2 heterocycles. The zero-order chi connectivity index (χ0) is 16.0. The fourth-order valence-corrected chi connectivity index (χ4v) is 3.24. The Morgan fingerprint density at radius 2 is 2.00 bits per heavy atom. The minimum Gasteiger partial charge on any atom is -0.340 e. The van der Waals surface area contributed by atoms with Crippen molar-refractivity contribution in [3.63, 3.8) is 0 Å². The van der Waals surface area contributed by atoms with E-state index in [9.17, 15) is 9.59 Å². The van der Waals surface area contributed by atoms with Gasteiger partial charge < -0.3 is 10.2 Å². The van der Waals surface area contributed by atoms with E-state index in [2.05, 4.69) is 31.1 Å². The average molecular weight is 309 g/mol. The molecule has 0 aromatic carbocycles. The Kier molecular flexibility index (Phi) is 3.86. The SMILES string of the molecule is CC1C(=O)NC(C)(C)C(=O)N1Cc1nc(C(C)(C)C)cs1. The first-order chi connectivity index (χ1) is 9.52. The fourth-order valence-electron chi connectivity index (χ4n) is 2.22. The van der Waals surface area contributed by atoms with Crippen molar-refractivity contribution in [1.82, 2.24) is 15.2 Å². The number of nitrogens with zero attached hydrogens (tertiary/aromatic N) is 2. The molecule has 2 rings (SSSR count). The van der Waals surface area contributed by atoms with E-state index >= 15 is 0 Å². The average Bonchev–Trinajstić information content (AvgIpc) is 2.80. The lowest BCUT2D eigenvalue weighted by atomic mass is 9.93. The van der Waals surface area contributed by atoms with Crippen LogP contribution in [0.25, 0.3) is 0 Å². The Hall–Kier alpha value is -1.43. The van der Waals surface area contributed by atoms with Crippen LogP contribution in [0.4, 0.5) is 0 Å². The smallest absolute Gasteiger partial charge is 0.248 e. The molecular weight excluding hydrogens is 286 g/mol. The Labute approximate surface area is 129 Å². The Balaban J connectivity index is 2.23. The lowest BCUT2D eigenvalue weighted by Crippen LogP contribution is -2.66. The van der Waals surface area contributed by atoms with E-state index in [0.29, 0.717) is 6.54 Å². The van der Waals surface area contributed by atoms with E-state index in [4.69, 9.17) is 0 Å². The first-order valence-electron chi connectivity index (χ1n) is 7.10. The summed E-state index contributed by atoms with van der Waals surface area (Å²) in [6.07, 6.45) is 0. The number of thiazole rings is 1. The third kappa shape index (κ3) is 3.10. The number of hydrogen-bond acceptors (Lipinski definition) is 4. The number of piperazine rings is 1. The monoisotopic (exact) mass is 309 g/mol. The van der Waals surface area contributed by atoms with Gasteiger partial charge in [-0.25, -0.2) is 4.98 Å². The second kappa shape index (κ2) is 5.09. The van der Waals surface area contributed by atoms with Gasteiger partial charge in [-0.1, -0.05) is 20.8 Å². The molecule has 0 radical (unpaired) electrons. The van der Waals surface area contributed by atoms with Crippen molar-refractivity contribution in [1.29, 1.82) is 0 Å². The van der Waals surface area contributed by atoms with Crippen LogP contribution >= 0.6 is 11.3 Å². The van der Waals surface area contributed by atoms with Crippen molar-refractivity contribution in [3.05, 3.63) is 16.1 Å².